The number of hydrogen-bond donors (Lipinski definition) is 0. The van der Waals surface area contributed by atoms with Gasteiger partial charge in [-0.2, -0.15) is 0 Å². The Morgan fingerprint density at radius 3 is 2.31 bits per heavy atom. The molecule has 1 heterocycles. The third-order valence-corrected chi connectivity index (χ3v) is 4.95. The van der Waals surface area contributed by atoms with Gasteiger partial charge in [0.2, 0.25) is 5.91 Å². The number of carbonyl (C=O) groups excluding carboxylic acids is 1. The lowest BCUT2D eigenvalue weighted by atomic mass is 10.0. The molecule has 0 saturated carbocycles. The van der Waals surface area contributed by atoms with Crippen LogP contribution in [0.4, 0.5) is 0 Å². The maximum Gasteiger partial charge on any atom is 0.269 e. The molecular weight excluding hydrogens is 362 g/mol. The lowest BCUT2D eigenvalue weighted by Gasteiger charge is -2.19. The van der Waals surface area contributed by atoms with Crippen LogP contribution in [-0.4, -0.2) is 27.4 Å². The van der Waals surface area contributed by atoms with Crippen molar-refractivity contribution in [2.24, 2.45) is 0 Å². The van der Waals surface area contributed by atoms with Crippen LogP contribution >= 0.6 is 0 Å². The van der Waals surface area contributed by atoms with E-state index in [0.29, 0.717) is 17.6 Å². The van der Waals surface area contributed by atoms with Crippen LogP contribution < -0.4 is 5.56 Å². The van der Waals surface area contributed by atoms with Gasteiger partial charge in [-0.15, -0.1) is 0 Å². The number of amides is 1. The number of fused-ring (bicyclic) bond motifs is 1. The molecule has 0 N–H and O–H groups in total. The van der Waals surface area contributed by atoms with Crippen molar-refractivity contribution < 1.29 is 4.79 Å². The summed E-state index contributed by atoms with van der Waals surface area (Å²) in [6.07, 6.45) is 1.26. The third-order valence-electron chi connectivity index (χ3n) is 4.95. The number of hydrogen-bond acceptors (Lipinski definition) is 3. The molecule has 5 nitrogen and oxygen atoms in total. The van der Waals surface area contributed by atoms with Gasteiger partial charge in [0.1, 0.15) is 6.54 Å². The first-order valence-electron chi connectivity index (χ1n) is 9.45. The second-order valence-electron chi connectivity index (χ2n) is 6.98. The SMILES string of the molecule is CN(Cc1ccc(-c2ccccc2)cc1)C(=O)Cn1c(=O)cnc2ccccc21. The van der Waals surface area contributed by atoms with Gasteiger partial charge in [0.25, 0.3) is 5.56 Å². The van der Waals surface area contributed by atoms with E-state index in [4.69, 9.17) is 0 Å². The molecule has 4 aromatic rings. The van der Waals surface area contributed by atoms with Gasteiger partial charge in [0.15, 0.2) is 0 Å². The number of carbonyl (C=O) groups is 1. The Kier molecular flexibility index (Phi) is 5.20. The zero-order valence-corrected chi connectivity index (χ0v) is 16.2. The summed E-state index contributed by atoms with van der Waals surface area (Å²) in [7, 11) is 1.75. The van der Waals surface area contributed by atoms with E-state index in [2.05, 4.69) is 29.2 Å². The summed E-state index contributed by atoms with van der Waals surface area (Å²) in [5, 5.41) is 0. The molecule has 0 aliphatic heterocycles. The Balaban J connectivity index is 1.48. The summed E-state index contributed by atoms with van der Waals surface area (Å²) in [5.41, 5.74) is 4.41. The van der Waals surface area contributed by atoms with E-state index < -0.39 is 0 Å². The smallest absolute Gasteiger partial charge is 0.269 e. The number of benzene rings is 3. The first kappa shape index (κ1) is 18.6. The zero-order chi connectivity index (χ0) is 20.2. The highest BCUT2D eigenvalue weighted by Gasteiger charge is 2.13. The average molecular weight is 383 g/mol. The van der Waals surface area contributed by atoms with Crippen molar-refractivity contribution in [3.63, 3.8) is 0 Å². The molecule has 0 atom stereocenters. The Morgan fingerprint density at radius 1 is 0.897 bits per heavy atom. The van der Waals surface area contributed by atoms with Crippen molar-refractivity contribution in [2.75, 3.05) is 7.05 Å². The first-order chi connectivity index (χ1) is 14.1. The topological polar surface area (TPSA) is 55.2 Å². The van der Waals surface area contributed by atoms with Gasteiger partial charge in [-0.25, -0.2) is 4.98 Å². The summed E-state index contributed by atoms with van der Waals surface area (Å²) in [4.78, 5) is 30.8. The van der Waals surface area contributed by atoms with Crippen LogP contribution in [0.15, 0.2) is 89.9 Å². The fourth-order valence-corrected chi connectivity index (χ4v) is 3.33. The minimum atomic E-state index is -0.280. The molecule has 0 spiro atoms. The average Bonchev–Trinajstić information content (AvgIpc) is 2.77. The van der Waals surface area contributed by atoms with Crippen LogP contribution in [0.25, 0.3) is 22.2 Å². The molecule has 1 amide bonds. The molecular formula is C24H21N3O2. The monoisotopic (exact) mass is 383 g/mol. The van der Waals surface area contributed by atoms with Crippen molar-refractivity contribution in [3.8, 4) is 11.1 Å². The number of likely N-dealkylation sites (N-methyl/N-ethyl adjacent to an activating group) is 1. The quantitative estimate of drug-likeness (QED) is 0.528. The third kappa shape index (κ3) is 4.09. The first-order valence-corrected chi connectivity index (χ1v) is 9.45. The Bertz CT molecular complexity index is 1200. The van der Waals surface area contributed by atoms with Gasteiger partial charge in [0, 0.05) is 13.6 Å². The van der Waals surface area contributed by atoms with Crippen LogP contribution in [0.1, 0.15) is 5.56 Å². The van der Waals surface area contributed by atoms with Crippen molar-refractivity contribution in [3.05, 3.63) is 101 Å². The van der Waals surface area contributed by atoms with E-state index in [1.54, 1.807) is 18.0 Å². The molecule has 0 aliphatic carbocycles. The van der Waals surface area contributed by atoms with Crippen LogP contribution in [-0.2, 0) is 17.9 Å². The molecule has 0 bridgehead atoms. The van der Waals surface area contributed by atoms with Crippen LogP contribution in [0.5, 0.6) is 0 Å². The minimum absolute atomic E-state index is 0.0134. The fraction of sp³-hybridized carbons (Fsp3) is 0.125. The van der Waals surface area contributed by atoms with Crippen molar-refractivity contribution in [1.29, 1.82) is 0 Å². The van der Waals surface area contributed by atoms with E-state index >= 15 is 0 Å². The van der Waals surface area contributed by atoms with Gasteiger partial charge in [0.05, 0.1) is 17.2 Å². The highest BCUT2D eigenvalue weighted by molar-refractivity contribution is 5.80. The lowest BCUT2D eigenvalue weighted by molar-refractivity contribution is -0.131. The van der Waals surface area contributed by atoms with E-state index in [-0.39, 0.29) is 18.0 Å². The van der Waals surface area contributed by atoms with Gasteiger partial charge >= 0.3 is 0 Å². The van der Waals surface area contributed by atoms with Crippen molar-refractivity contribution in [1.82, 2.24) is 14.5 Å². The summed E-state index contributed by atoms with van der Waals surface area (Å²) >= 11 is 0. The number of aromatic nitrogens is 2. The molecule has 29 heavy (non-hydrogen) atoms. The predicted octanol–water partition coefficient (Wildman–Crippen LogP) is 3.72. The highest BCUT2D eigenvalue weighted by Crippen LogP contribution is 2.19. The summed E-state index contributed by atoms with van der Waals surface area (Å²) in [5.74, 6) is -0.129. The lowest BCUT2D eigenvalue weighted by Crippen LogP contribution is -2.33. The molecule has 0 saturated heterocycles. The molecule has 0 radical (unpaired) electrons. The summed E-state index contributed by atoms with van der Waals surface area (Å²) in [6.45, 7) is 0.464. The highest BCUT2D eigenvalue weighted by atomic mass is 16.2. The molecule has 1 aromatic heterocycles. The van der Waals surface area contributed by atoms with E-state index in [1.165, 1.54) is 10.8 Å². The fourth-order valence-electron chi connectivity index (χ4n) is 3.33. The normalized spacial score (nSPS) is 10.8. The van der Waals surface area contributed by atoms with Gasteiger partial charge in [-0.3, -0.25) is 14.2 Å². The second kappa shape index (κ2) is 8.10. The van der Waals surface area contributed by atoms with E-state index in [0.717, 1.165) is 16.7 Å². The maximum absolute atomic E-state index is 12.7. The second-order valence-corrected chi connectivity index (χ2v) is 6.98. The molecule has 0 aliphatic rings. The molecule has 0 unspecified atom stereocenters. The summed E-state index contributed by atoms with van der Waals surface area (Å²) in [6, 6.07) is 25.7. The maximum atomic E-state index is 12.7. The minimum Gasteiger partial charge on any atom is -0.340 e. The Hall–Kier alpha value is -3.73. The Morgan fingerprint density at radius 2 is 1.55 bits per heavy atom. The van der Waals surface area contributed by atoms with E-state index in [9.17, 15) is 9.59 Å². The molecule has 144 valence electrons. The predicted molar refractivity (Wildman–Crippen MR) is 114 cm³/mol. The number of para-hydroxylation sites is 2. The van der Waals surface area contributed by atoms with Crippen LogP contribution in [0.3, 0.4) is 0 Å². The summed E-state index contributed by atoms with van der Waals surface area (Å²) < 4.78 is 1.47. The standard InChI is InChI=1S/C24H21N3O2/c1-26(16-18-11-13-20(14-12-18)19-7-3-2-4-8-19)24(29)17-27-22-10-6-5-9-21(22)25-15-23(27)28/h2-15H,16-17H2,1H3. The van der Waals surface area contributed by atoms with Crippen molar-refractivity contribution in [2.45, 2.75) is 13.1 Å². The van der Waals surface area contributed by atoms with Gasteiger partial charge in [-0.1, -0.05) is 66.7 Å². The van der Waals surface area contributed by atoms with Crippen LogP contribution in [0, 0.1) is 0 Å². The molecule has 3 aromatic carbocycles. The number of nitrogens with zero attached hydrogens (tertiary/aromatic N) is 3. The zero-order valence-electron chi connectivity index (χ0n) is 16.2. The largest absolute Gasteiger partial charge is 0.340 e. The van der Waals surface area contributed by atoms with Gasteiger partial charge < -0.3 is 4.90 Å². The molecule has 0 fully saturated rings. The molecule has 4 rings (SSSR count). The van der Waals surface area contributed by atoms with E-state index in [1.807, 2.05) is 48.5 Å². The van der Waals surface area contributed by atoms with Crippen LogP contribution in [0.2, 0.25) is 0 Å². The Labute approximate surface area is 168 Å². The molecule has 5 heteroatoms. The number of rotatable bonds is 5. The van der Waals surface area contributed by atoms with Gasteiger partial charge in [-0.05, 0) is 28.8 Å². The van der Waals surface area contributed by atoms with Crippen molar-refractivity contribution >= 4 is 16.9 Å².